The molecule has 0 radical (unpaired) electrons. The maximum Gasteiger partial charge on any atom is 0.0399 e. The average Bonchev–Trinajstić information content (AvgIpc) is 2.59. The van der Waals surface area contributed by atoms with Crippen molar-refractivity contribution >= 4 is 22.7 Å². The molecular formula is C21H32N4. The molecule has 2 aromatic rings. The molecule has 0 aliphatic heterocycles. The Hall–Kier alpha value is -2.36. The van der Waals surface area contributed by atoms with Gasteiger partial charge in [-0.3, -0.25) is 0 Å². The highest BCUT2D eigenvalue weighted by Crippen LogP contribution is 2.30. The van der Waals surface area contributed by atoms with E-state index in [1.165, 1.54) is 16.7 Å². The van der Waals surface area contributed by atoms with Crippen molar-refractivity contribution in [1.29, 1.82) is 0 Å². The van der Waals surface area contributed by atoms with Gasteiger partial charge in [0.2, 0.25) is 0 Å². The summed E-state index contributed by atoms with van der Waals surface area (Å²) < 4.78 is 0. The molecule has 4 heteroatoms. The normalized spacial score (nSPS) is 11.0. The second kappa shape index (κ2) is 8.15. The molecule has 0 saturated heterocycles. The van der Waals surface area contributed by atoms with Crippen LogP contribution in [0.3, 0.4) is 0 Å². The Morgan fingerprint density at radius 2 is 1.28 bits per heavy atom. The van der Waals surface area contributed by atoms with Crippen LogP contribution >= 0.6 is 0 Å². The summed E-state index contributed by atoms with van der Waals surface area (Å²) in [5, 5.41) is 0. The third kappa shape index (κ3) is 4.19. The molecule has 0 saturated carbocycles. The van der Waals surface area contributed by atoms with Gasteiger partial charge in [0.25, 0.3) is 0 Å². The Labute approximate surface area is 151 Å². The quantitative estimate of drug-likeness (QED) is 0.451. The number of hydrogen-bond donors (Lipinski definition) is 4. The summed E-state index contributed by atoms with van der Waals surface area (Å²) in [6, 6.07) is 6.14. The van der Waals surface area contributed by atoms with E-state index in [1.807, 2.05) is 6.07 Å². The monoisotopic (exact) mass is 340 g/mol. The van der Waals surface area contributed by atoms with Crippen molar-refractivity contribution in [2.24, 2.45) is 0 Å². The van der Waals surface area contributed by atoms with Crippen LogP contribution in [0.2, 0.25) is 0 Å². The van der Waals surface area contributed by atoms with Gasteiger partial charge in [-0.2, -0.15) is 0 Å². The van der Waals surface area contributed by atoms with Gasteiger partial charge in [0.15, 0.2) is 0 Å². The summed E-state index contributed by atoms with van der Waals surface area (Å²) in [6.07, 6.45) is 5.79. The summed E-state index contributed by atoms with van der Waals surface area (Å²) in [5.74, 6) is 0. The maximum atomic E-state index is 6.32. The van der Waals surface area contributed by atoms with Gasteiger partial charge in [-0.05, 0) is 79.3 Å². The third-order valence-corrected chi connectivity index (χ3v) is 5.10. The van der Waals surface area contributed by atoms with E-state index in [0.717, 1.165) is 72.4 Å². The Balaban J connectivity index is 2.04. The summed E-state index contributed by atoms with van der Waals surface area (Å²) in [7, 11) is 0. The number of nitrogen functional groups attached to an aromatic ring is 4. The van der Waals surface area contributed by atoms with E-state index >= 15 is 0 Å². The predicted octanol–water partition coefficient (Wildman–Crippen LogP) is 4.01. The van der Waals surface area contributed by atoms with Crippen LogP contribution in [-0.4, -0.2) is 0 Å². The number of anilines is 4. The summed E-state index contributed by atoms with van der Waals surface area (Å²) in [5.41, 5.74) is 33.8. The van der Waals surface area contributed by atoms with Crippen LogP contribution in [0.4, 0.5) is 22.7 Å². The maximum absolute atomic E-state index is 6.32. The van der Waals surface area contributed by atoms with Crippen LogP contribution in [-0.2, 0) is 25.7 Å². The number of rotatable bonds is 7. The van der Waals surface area contributed by atoms with Crippen molar-refractivity contribution in [3.63, 3.8) is 0 Å². The number of benzene rings is 2. The van der Waals surface area contributed by atoms with Crippen molar-refractivity contribution < 1.29 is 0 Å². The molecule has 0 bridgehead atoms. The first-order chi connectivity index (χ1) is 11.9. The van der Waals surface area contributed by atoms with Crippen molar-refractivity contribution in [1.82, 2.24) is 0 Å². The second-order valence-electron chi connectivity index (χ2n) is 6.82. The molecule has 0 fully saturated rings. The van der Waals surface area contributed by atoms with Gasteiger partial charge in [-0.1, -0.05) is 26.0 Å². The van der Waals surface area contributed by atoms with Crippen molar-refractivity contribution in [2.45, 2.75) is 59.3 Å². The average molecular weight is 341 g/mol. The molecule has 136 valence electrons. The number of hydrogen-bond acceptors (Lipinski definition) is 4. The first kappa shape index (κ1) is 19.0. The third-order valence-electron chi connectivity index (χ3n) is 5.10. The minimum absolute atomic E-state index is 0.788. The van der Waals surface area contributed by atoms with Gasteiger partial charge < -0.3 is 22.9 Å². The van der Waals surface area contributed by atoms with E-state index in [-0.39, 0.29) is 0 Å². The van der Waals surface area contributed by atoms with E-state index in [2.05, 4.69) is 32.9 Å². The fraction of sp³-hybridized carbons (Fsp3) is 0.429. The minimum atomic E-state index is 0.788. The molecular weight excluding hydrogens is 308 g/mol. The van der Waals surface area contributed by atoms with E-state index in [4.69, 9.17) is 22.9 Å². The Morgan fingerprint density at radius 3 is 1.92 bits per heavy atom. The SMILES string of the molecule is CCc1cc(CCCCc2c(N)c(C)cc(CC)c2N)c(N)cc1N. The Bertz CT molecular complexity index is 750. The van der Waals surface area contributed by atoms with Crippen LogP contribution in [0.1, 0.15) is 54.5 Å². The van der Waals surface area contributed by atoms with Gasteiger partial charge >= 0.3 is 0 Å². The smallest absolute Gasteiger partial charge is 0.0399 e. The van der Waals surface area contributed by atoms with Gasteiger partial charge in [-0.25, -0.2) is 0 Å². The molecule has 0 atom stereocenters. The van der Waals surface area contributed by atoms with Crippen LogP contribution in [0.25, 0.3) is 0 Å². The minimum Gasteiger partial charge on any atom is -0.398 e. The Morgan fingerprint density at radius 1 is 0.680 bits per heavy atom. The number of unbranched alkanes of at least 4 members (excludes halogenated alkanes) is 1. The lowest BCUT2D eigenvalue weighted by atomic mass is 9.94. The largest absolute Gasteiger partial charge is 0.398 e. The van der Waals surface area contributed by atoms with Crippen LogP contribution < -0.4 is 22.9 Å². The van der Waals surface area contributed by atoms with E-state index < -0.39 is 0 Å². The molecule has 0 spiro atoms. The molecule has 0 aliphatic rings. The second-order valence-corrected chi connectivity index (χ2v) is 6.82. The van der Waals surface area contributed by atoms with E-state index in [0.29, 0.717) is 0 Å². The van der Waals surface area contributed by atoms with Crippen LogP contribution in [0, 0.1) is 6.92 Å². The molecule has 4 nitrogen and oxygen atoms in total. The van der Waals surface area contributed by atoms with Gasteiger partial charge in [-0.15, -0.1) is 0 Å². The first-order valence-electron chi connectivity index (χ1n) is 9.22. The fourth-order valence-electron chi connectivity index (χ4n) is 3.43. The molecule has 0 aliphatic carbocycles. The zero-order valence-electron chi connectivity index (χ0n) is 15.8. The number of aryl methyl sites for hydroxylation is 4. The molecule has 25 heavy (non-hydrogen) atoms. The van der Waals surface area contributed by atoms with E-state index in [9.17, 15) is 0 Å². The Kier molecular flexibility index (Phi) is 6.18. The van der Waals surface area contributed by atoms with Gasteiger partial charge in [0, 0.05) is 22.7 Å². The highest BCUT2D eigenvalue weighted by Gasteiger charge is 2.11. The molecule has 0 heterocycles. The first-order valence-corrected chi connectivity index (χ1v) is 9.22. The topological polar surface area (TPSA) is 104 Å². The zero-order chi connectivity index (χ0) is 18.6. The molecule has 0 amide bonds. The summed E-state index contributed by atoms with van der Waals surface area (Å²) in [4.78, 5) is 0. The zero-order valence-corrected chi connectivity index (χ0v) is 15.8. The highest BCUT2D eigenvalue weighted by atomic mass is 14.6. The number of nitrogens with two attached hydrogens (primary N) is 4. The molecule has 8 N–H and O–H groups in total. The molecule has 0 unspecified atom stereocenters. The summed E-state index contributed by atoms with van der Waals surface area (Å²) in [6.45, 7) is 6.29. The lowest BCUT2D eigenvalue weighted by Crippen LogP contribution is -2.06. The predicted molar refractivity (Wildman–Crippen MR) is 111 cm³/mol. The van der Waals surface area contributed by atoms with Crippen molar-refractivity contribution in [3.8, 4) is 0 Å². The van der Waals surface area contributed by atoms with Crippen LogP contribution in [0.5, 0.6) is 0 Å². The molecule has 2 aromatic carbocycles. The summed E-state index contributed by atoms with van der Waals surface area (Å²) >= 11 is 0. The molecule has 2 rings (SSSR count). The van der Waals surface area contributed by atoms with Gasteiger partial charge in [0.1, 0.15) is 0 Å². The van der Waals surface area contributed by atoms with Gasteiger partial charge in [0.05, 0.1) is 0 Å². The van der Waals surface area contributed by atoms with E-state index in [1.54, 1.807) is 0 Å². The van der Waals surface area contributed by atoms with Crippen LogP contribution in [0.15, 0.2) is 18.2 Å². The lowest BCUT2D eigenvalue weighted by Gasteiger charge is -2.16. The van der Waals surface area contributed by atoms with Crippen molar-refractivity contribution in [3.05, 3.63) is 46.0 Å². The van der Waals surface area contributed by atoms with Crippen molar-refractivity contribution in [2.75, 3.05) is 22.9 Å². The fourth-order valence-corrected chi connectivity index (χ4v) is 3.43. The standard InChI is InChI=1S/C21H32N4/c1-4-14-11-16(19(23)12-18(14)22)8-6-7-9-17-20(24)13(3)10-15(5-2)21(17)25/h10-12H,4-9,22-25H2,1-3H3. The highest BCUT2D eigenvalue weighted by molar-refractivity contribution is 5.69. The lowest BCUT2D eigenvalue weighted by molar-refractivity contribution is 0.736. The molecule has 0 aromatic heterocycles.